The molecule has 1 aromatic heterocycles. The van der Waals surface area contributed by atoms with Crippen LogP contribution in [0.1, 0.15) is 24.6 Å². The number of carbonyl (C=O) groups excluding carboxylic acids is 1. The number of aryl methyl sites for hydroxylation is 1. The zero-order valence-electron chi connectivity index (χ0n) is 15.0. The molecule has 5 heteroatoms. The fraction of sp³-hybridized carbons (Fsp3) is 0.238. The molecule has 5 nitrogen and oxygen atoms in total. The van der Waals surface area contributed by atoms with Crippen molar-refractivity contribution >= 4 is 17.3 Å². The Labute approximate surface area is 153 Å². The average Bonchev–Trinajstić information content (AvgIpc) is 2.89. The number of fused-ring (bicyclic) bond motifs is 1. The Kier molecular flexibility index (Phi) is 4.21. The van der Waals surface area contributed by atoms with E-state index in [1.54, 1.807) is 0 Å². The lowest BCUT2D eigenvalue weighted by molar-refractivity contribution is -0.116. The number of para-hydroxylation sites is 1. The zero-order valence-corrected chi connectivity index (χ0v) is 15.0. The number of nitrogens with zero attached hydrogens (tertiary/aromatic N) is 2. The van der Waals surface area contributed by atoms with Gasteiger partial charge in [0.15, 0.2) is 0 Å². The Bertz CT molecular complexity index is 946. The maximum Gasteiger partial charge on any atom is 0.226 e. The Morgan fingerprint density at radius 3 is 2.77 bits per heavy atom. The van der Waals surface area contributed by atoms with E-state index in [1.165, 1.54) is 5.56 Å². The summed E-state index contributed by atoms with van der Waals surface area (Å²) < 4.78 is 2.02. The number of aromatic nitrogens is 2. The van der Waals surface area contributed by atoms with Crippen molar-refractivity contribution in [2.24, 2.45) is 0 Å². The van der Waals surface area contributed by atoms with Gasteiger partial charge in [0, 0.05) is 23.7 Å². The van der Waals surface area contributed by atoms with E-state index < -0.39 is 0 Å². The molecule has 2 aromatic carbocycles. The lowest BCUT2D eigenvalue weighted by atomic mass is 10.1. The van der Waals surface area contributed by atoms with Crippen molar-refractivity contribution in [2.75, 3.05) is 10.6 Å². The molecule has 1 aliphatic heterocycles. The second-order valence-corrected chi connectivity index (χ2v) is 6.84. The normalized spacial score (nSPS) is 16.4. The monoisotopic (exact) mass is 346 g/mol. The summed E-state index contributed by atoms with van der Waals surface area (Å²) in [5, 5.41) is 11.3. The van der Waals surface area contributed by atoms with Gasteiger partial charge < -0.3 is 10.6 Å². The Morgan fingerprint density at radius 2 is 1.96 bits per heavy atom. The fourth-order valence-electron chi connectivity index (χ4n) is 3.36. The topological polar surface area (TPSA) is 59.0 Å². The molecule has 0 fully saturated rings. The van der Waals surface area contributed by atoms with E-state index in [0.717, 1.165) is 34.9 Å². The third kappa shape index (κ3) is 3.20. The summed E-state index contributed by atoms with van der Waals surface area (Å²) in [6.45, 7) is 4.83. The first-order valence-corrected chi connectivity index (χ1v) is 8.88. The van der Waals surface area contributed by atoms with Gasteiger partial charge in [0.1, 0.15) is 0 Å². The van der Waals surface area contributed by atoms with Crippen LogP contribution in [-0.4, -0.2) is 21.7 Å². The van der Waals surface area contributed by atoms with Gasteiger partial charge in [0.2, 0.25) is 5.91 Å². The third-order valence-corrected chi connectivity index (χ3v) is 4.65. The predicted molar refractivity (Wildman–Crippen MR) is 104 cm³/mol. The Hall–Kier alpha value is -3.08. The number of nitrogens with one attached hydrogen (secondary N) is 2. The van der Waals surface area contributed by atoms with Crippen molar-refractivity contribution in [3.8, 4) is 11.3 Å². The Morgan fingerprint density at radius 1 is 1.15 bits per heavy atom. The Balaban J connectivity index is 1.72. The van der Waals surface area contributed by atoms with E-state index in [4.69, 9.17) is 5.10 Å². The molecule has 0 radical (unpaired) electrons. The third-order valence-electron chi connectivity index (χ3n) is 4.65. The molecular formula is C21H22N4O. The van der Waals surface area contributed by atoms with Gasteiger partial charge in [0.25, 0.3) is 0 Å². The number of benzene rings is 2. The molecule has 1 aliphatic rings. The standard InChI is InChI=1S/C21H22N4O/c1-14-11-20(26)23-18-10-6-9-17(21(18)22-14)19-12-15(2)25(24-19)13-16-7-4-3-5-8-16/h3-10,12,14,22H,11,13H2,1-2H3,(H,23,26)/t14-/m1/s1. The van der Waals surface area contributed by atoms with Crippen LogP contribution < -0.4 is 10.6 Å². The summed E-state index contributed by atoms with van der Waals surface area (Å²) in [6.07, 6.45) is 0.454. The quantitative estimate of drug-likeness (QED) is 0.752. The minimum atomic E-state index is 0.0340. The molecule has 1 atom stereocenters. The van der Waals surface area contributed by atoms with Gasteiger partial charge in [-0.2, -0.15) is 5.10 Å². The van der Waals surface area contributed by atoms with Crippen molar-refractivity contribution in [1.82, 2.24) is 9.78 Å². The molecule has 0 unspecified atom stereocenters. The highest BCUT2D eigenvalue weighted by Crippen LogP contribution is 2.36. The summed E-state index contributed by atoms with van der Waals surface area (Å²) >= 11 is 0. The second kappa shape index (κ2) is 6.67. The van der Waals surface area contributed by atoms with Crippen molar-refractivity contribution in [3.05, 3.63) is 65.9 Å². The van der Waals surface area contributed by atoms with E-state index in [0.29, 0.717) is 6.42 Å². The van der Waals surface area contributed by atoms with Crippen LogP contribution in [0.4, 0.5) is 11.4 Å². The summed E-state index contributed by atoms with van der Waals surface area (Å²) in [5.41, 5.74) is 5.99. The van der Waals surface area contributed by atoms with Crippen LogP contribution in [0.5, 0.6) is 0 Å². The zero-order chi connectivity index (χ0) is 18.1. The molecule has 1 amide bonds. The minimum Gasteiger partial charge on any atom is -0.380 e. The first-order chi connectivity index (χ1) is 12.6. The number of amides is 1. The number of carbonyl (C=O) groups is 1. The fourth-order valence-corrected chi connectivity index (χ4v) is 3.36. The summed E-state index contributed by atoms with van der Waals surface area (Å²) in [4.78, 5) is 12.0. The maximum atomic E-state index is 12.0. The summed E-state index contributed by atoms with van der Waals surface area (Å²) in [7, 11) is 0. The van der Waals surface area contributed by atoms with E-state index in [-0.39, 0.29) is 11.9 Å². The van der Waals surface area contributed by atoms with Crippen LogP contribution in [0.2, 0.25) is 0 Å². The highest BCUT2D eigenvalue weighted by Gasteiger charge is 2.21. The number of hydrogen-bond donors (Lipinski definition) is 2. The average molecular weight is 346 g/mol. The van der Waals surface area contributed by atoms with Crippen LogP contribution in [0.15, 0.2) is 54.6 Å². The summed E-state index contributed by atoms with van der Waals surface area (Å²) in [5.74, 6) is 0.0340. The lowest BCUT2D eigenvalue weighted by Crippen LogP contribution is -2.19. The molecular weight excluding hydrogens is 324 g/mol. The predicted octanol–water partition coefficient (Wildman–Crippen LogP) is 4.05. The largest absolute Gasteiger partial charge is 0.380 e. The van der Waals surface area contributed by atoms with Crippen LogP contribution in [0.3, 0.4) is 0 Å². The van der Waals surface area contributed by atoms with E-state index in [1.807, 2.05) is 48.0 Å². The summed E-state index contributed by atoms with van der Waals surface area (Å²) in [6, 6.07) is 18.4. The van der Waals surface area contributed by atoms with Gasteiger partial charge >= 0.3 is 0 Å². The smallest absolute Gasteiger partial charge is 0.226 e. The number of rotatable bonds is 3. The molecule has 0 saturated heterocycles. The molecule has 0 aliphatic carbocycles. The van der Waals surface area contributed by atoms with Gasteiger partial charge in [-0.3, -0.25) is 9.48 Å². The van der Waals surface area contributed by atoms with Crippen LogP contribution in [0.25, 0.3) is 11.3 Å². The van der Waals surface area contributed by atoms with Crippen LogP contribution >= 0.6 is 0 Å². The molecule has 132 valence electrons. The van der Waals surface area contributed by atoms with Crippen LogP contribution in [0, 0.1) is 6.92 Å². The molecule has 4 rings (SSSR count). The number of hydrogen-bond acceptors (Lipinski definition) is 3. The van der Waals surface area contributed by atoms with Gasteiger partial charge in [-0.05, 0) is 31.5 Å². The molecule has 26 heavy (non-hydrogen) atoms. The SMILES string of the molecule is Cc1cc(-c2cccc3c2N[C@H](C)CC(=O)N3)nn1Cc1ccccc1. The van der Waals surface area contributed by atoms with Crippen molar-refractivity contribution in [3.63, 3.8) is 0 Å². The highest BCUT2D eigenvalue weighted by molar-refractivity contribution is 5.99. The first-order valence-electron chi connectivity index (χ1n) is 8.88. The van der Waals surface area contributed by atoms with E-state index >= 15 is 0 Å². The van der Waals surface area contributed by atoms with Gasteiger partial charge in [-0.1, -0.05) is 42.5 Å². The van der Waals surface area contributed by atoms with Gasteiger partial charge in [0.05, 0.1) is 23.6 Å². The highest BCUT2D eigenvalue weighted by atomic mass is 16.1. The molecule has 0 spiro atoms. The van der Waals surface area contributed by atoms with E-state index in [9.17, 15) is 4.79 Å². The molecule has 3 aromatic rings. The lowest BCUT2D eigenvalue weighted by Gasteiger charge is -2.15. The van der Waals surface area contributed by atoms with Crippen molar-refractivity contribution < 1.29 is 4.79 Å². The second-order valence-electron chi connectivity index (χ2n) is 6.84. The van der Waals surface area contributed by atoms with Gasteiger partial charge in [-0.15, -0.1) is 0 Å². The van der Waals surface area contributed by atoms with Crippen molar-refractivity contribution in [1.29, 1.82) is 0 Å². The molecule has 2 N–H and O–H groups in total. The number of anilines is 2. The van der Waals surface area contributed by atoms with Crippen LogP contribution in [-0.2, 0) is 11.3 Å². The minimum absolute atomic E-state index is 0.0340. The molecule has 0 bridgehead atoms. The first kappa shape index (κ1) is 16.4. The molecule has 2 heterocycles. The molecule has 0 saturated carbocycles. The van der Waals surface area contributed by atoms with E-state index in [2.05, 4.69) is 35.8 Å². The van der Waals surface area contributed by atoms with Crippen molar-refractivity contribution in [2.45, 2.75) is 32.9 Å². The van der Waals surface area contributed by atoms with Gasteiger partial charge in [-0.25, -0.2) is 0 Å². The maximum absolute atomic E-state index is 12.0.